The van der Waals surface area contributed by atoms with Crippen molar-refractivity contribution in [3.05, 3.63) is 22.8 Å². The Hall–Kier alpha value is -1.59. The largest absolute Gasteiger partial charge is 0.496 e. The third-order valence-corrected chi connectivity index (χ3v) is 3.14. The lowest BCUT2D eigenvalue weighted by Gasteiger charge is -2.26. The molecule has 0 N–H and O–H groups in total. The first kappa shape index (κ1) is 10.6. The number of nitrogens with zero attached hydrogens (tertiary/aromatic N) is 1. The number of likely N-dealkylation sites (N-methyl/N-ethyl adjacent to an activating group) is 1. The summed E-state index contributed by atoms with van der Waals surface area (Å²) >= 11 is 0. The number of hydrogen-bond acceptors (Lipinski definition) is 5. The van der Waals surface area contributed by atoms with Crippen LogP contribution in [0.25, 0.3) is 0 Å². The summed E-state index contributed by atoms with van der Waals surface area (Å²) in [5.41, 5.74) is 2.50. The predicted octanol–water partition coefficient (Wildman–Crippen LogP) is 1.15. The average Bonchev–Trinajstić information content (AvgIpc) is 2.74. The molecule has 2 aliphatic rings. The maximum atomic E-state index is 12.0. The summed E-state index contributed by atoms with van der Waals surface area (Å²) in [4.78, 5) is 23.9. The van der Waals surface area contributed by atoms with Gasteiger partial charge in [-0.25, -0.2) is 0 Å². The number of carbonyl (C=O) groups excluding carboxylic acids is 1. The number of rotatable bonds is 1. The van der Waals surface area contributed by atoms with Gasteiger partial charge >= 0.3 is 0 Å². The minimum atomic E-state index is 0.0883. The van der Waals surface area contributed by atoms with Gasteiger partial charge < -0.3 is 9.62 Å². The van der Waals surface area contributed by atoms with E-state index in [0.29, 0.717) is 31.0 Å². The number of carbonyl (C=O) groups is 1. The molecule has 0 atom stereocenters. The van der Waals surface area contributed by atoms with E-state index in [1.165, 1.54) is 0 Å². The highest BCUT2D eigenvalue weighted by atomic mass is 17.2. The van der Waals surface area contributed by atoms with Gasteiger partial charge in [-0.3, -0.25) is 9.69 Å². The van der Waals surface area contributed by atoms with Gasteiger partial charge in [-0.2, -0.15) is 4.89 Å². The Bertz CT molecular complexity index is 498. The fourth-order valence-electron chi connectivity index (χ4n) is 2.39. The first-order valence-corrected chi connectivity index (χ1v) is 5.44. The van der Waals surface area contributed by atoms with E-state index < -0.39 is 0 Å². The number of ether oxygens (including phenoxy) is 1. The Balaban J connectivity index is 2.23. The van der Waals surface area contributed by atoms with E-state index in [4.69, 9.17) is 14.5 Å². The summed E-state index contributed by atoms with van der Waals surface area (Å²) < 4.78 is 5.41. The third-order valence-electron chi connectivity index (χ3n) is 3.14. The highest BCUT2D eigenvalue weighted by Gasteiger charge is 2.30. The van der Waals surface area contributed by atoms with Gasteiger partial charge in [-0.15, -0.1) is 0 Å². The molecule has 0 fully saturated rings. The van der Waals surface area contributed by atoms with E-state index >= 15 is 0 Å². The van der Waals surface area contributed by atoms with Crippen molar-refractivity contribution in [3.8, 4) is 11.5 Å². The van der Waals surface area contributed by atoms with E-state index in [-0.39, 0.29) is 5.78 Å². The van der Waals surface area contributed by atoms with Crippen LogP contribution in [-0.4, -0.2) is 31.4 Å². The lowest BCUT2D eigenvalue weighted by atomic mass is 9.95. The standard InChI is InChI=1S/C12H13NO4/c1-13-4-8-7(10(14)5-13)3-11-9(6-16-17-11)12(8)15-2/h3H,4-6H2,1-2H3. The molecule has 0 amide bonds. The number of Topliss-reactive ketones (excluding diaryl/α,β-unsaturated/α-hetero) is 1. The van der Waals surface area contributed by atoms with E-state index in [2.05, 4.69) is 0 Å². The maximum absolute atomic E-state index is 12.0. The minimum absolute atomic E-state index is 0.0883. The number of benzene rings is 1. The lowest BCUT2D eigenvalue weighted by molar-refractivity contribution is -0.194. The Kier molecular flexibility index (Phi) is 2.31. The highest BCUT2D eigenvalue weighted by molar-refractivity contribution is 6.01. The average molecular weight is 235 g/mol. The van der Waals surface area contributed by atoms with Crippen molar-refractivity contribution in [1.29, 1.82) is 0 Å². The van der Waals surface area contributed by atoms with E-state index in [0.717, 1.165) is 16.9 Å². The molecular weight excluding hydrogens is 222 g/mol. The van der Waals surface area contributed by atoms with Gasteiger partial charge in [0.15, 0.2) is 11.5 Å². The van der Waals surface area contributed by atoms with Crippen molar-refractivity contribution < 1.29 is 19.3 Å². The van der Waals surface area contributed by atoms with Crippen LogP contribution in [0.1, 0.15) is 21.5 Å². The summed E-state index contributed by atoms with van der Waals surface area (Å²) in [5, 5.41) is 0. The van der Waals surface area contributed by atoms with Crippen LogP contribution in [0.5, 0.6) is 11.5 Å². The SMILES string of the molecule is COc1c2c(cc3c1CN(C)CC3=O)OOC2. The molecule has 17 heavy (non-hydrogen) atoms. The zero-order valence-electron chi connectivity index (χ0n) is 9.78. The monoisotopic (exact) mass is 235 g/mol. The molecule has 0 aromatic heterocycles. The summed E-state index contributed by atoms with van der Waals surface area (Å²) in [5.74, 6) is 1.40. The molecule has 5 heteroatoms. The Morgan fingerprint density at radius 3 is 2.94 bits per heavy atom. The summed E-state index contributed by atoms with van der Waals surface area (Å²) in [6, 6.07) is 1.76. The Morgan fingerprint density at radius 2 is 2.18 bits per heavy atom. The fraction of sp³-hybridized carbons (Fsp3) is 0.417. The normalized spacial score (nSPS) is 18.6. The van der Waals surface area contributed by atoms with Gasteiger partial charge in [0.05, 0.1) is 19.2 Å². The van der Waals surface area contributed by atoms with Gasteiger partial charge in [-0.1, -0.05) is 0 Å². The van der Waals surface area contributed by atoms with Gasteiger partial charge in [0.2, 0.25) is 0 Å². The second kappa shape index (κ2) is 3.72. The second-order valence-electron chi connectivity index (χ2n) is 4.35. The van der Waals surface area contributed by atoms with Crippen LogP contribution < -0.4 is 9.62 Å². The van der Waals surface area contributed by atoms with E-state index in [1.807, 2.05) is 11.9 Å². The minimum Gasteiger partial charge on any atom is -0.496 e. The molecule has 0 saturated heterocycles. The zero-order chi connectivity index (χ0) is 12.0. The van der Waals surface area contributed by atoms with Crippen molar-refractivity contribution in [1.82, 2.24) is 4.90 Å². The van der Waals surface area contributed by atoms with E-state index in [1.54, 1.807) is 13.2 Å². The highest BCUT2D eigenvalue weighted by Crippen LogP contribution is 2.40. The van der Waals surface area contributed by atoms with Gasteiger partial charge in [0.1, 0.15) is 12.4 Å². The predicted molar refractivity (Wildman–Crippen MR) is 59.1 cm³/mol. The van der Waals surface area contributed by atoms with Crippen LogP contribution in [0.3, 0.4) is 0 Å². The van der Waals surface area contributed by atoms with Crippen LogP contribution in [0.2, 0.25) is 0 Å². The number of ketones is 1. The molecule has 0 spiro atoms. The van der Waals surface area contributed by atoms with Crippen molar-refractivity contribution in [3.63, 3.8) is 0 Å². The summed E-state index contributed by atoms with van der Waals surface area (Å²) in [6.07, 6.45) is 0. The quantitative estimate of drug-likeness (QED) is 0.683. The summed E-state index contributed by atoms with van der Waals surface area (Å²) in [7, 11) is 3.52. The molecule has 0 aliphatic carbocycles. The molecule has 0 unspecified atom stereocenters. The van der Waals surface area contributed by atoms with Gasteiger partial charge in [0, 0.05) is 17.7 Å². The van der Waals surface area contributed by atoms with Crippen LogP contribution in [0.15, 0.2) is 6.07 Å². The Morgan fingerprint density at radius 1 is 1.35 bits per heavy atom. The topological polar surface area (TPSA) is 48.0 Å². The first-order chi connectivity index (χ1) is 8.20. The van der Waals surface area contributed by atoms with Crippen LogP contribution in [0, 0.1) is 0 Å². The lowest BCUT2D eigenvalue weighted by Crippen LogP contribution is -2.32. The molecular formula is C12H13NO4. The molecule has 90 valence electrons. The number of hydrogen-bond donors (Lipinski definition) is 0. The van der Waals surface area contributed by atoms with Crippen LogP contribution in [0.4, 0.5) is 0 Å². The van der Waals surface area contributed by atoms with Crippen molar-refractivity contribution >= 4 is 5.78 Å². The number of fused-ring (bicyclic) bond motifs is 2. The molecule has 1 aromatic carbocycles. The first-order valence-electron chi connectivity index (χ1n) is 5.44. The fourth-order valence-corrected chi connectivity index (χ4v) is 2.39. The molecule has 3 rings (SSSR count). The van der Waals surface area contributed by atoms with Gasteiger partial charge in [-0.05, 0) is 13.1 Å². The number of methoxy groups -OCH3 is 1. The smallest absolute Gasteiger partial charge is 0.177 e. The Labute approximate surface area is 98.8 Å². The van der Waals surface area contributed by atoms with Crippen molar-refractivity contribution in [2.75, 3.05) is 20.7 Å². The zero-order valence-corrected chi connectivity index (χ0v) is 9.78. The maximum Gasteiger partial charge on any atom is 0.177 e. The molecule has 0 bridgehead atoms. The van der Waals surface area contributed by atoms with Crippen molar-refractivity contribution in [2.45, 2.75) is 13.2 Å². The van der Waals surface area contributed by atoms with Crippen molar-refractivity contribution in [2.24, 2.45) is 0 Å². The molecule has 0 saturated carbocycles. The van der Waals surface area contributed by atoms with Crippen LogP contribution >= 0.6 is 0 Å². The van der Waals surface area contributed by atoms with Gasteiger partial charge in [0.25, 0.3) is 0 Å². The van der Waals surface area contributed by atoms with E-state index in [9.17, 15) is 4.79 Å². The van der Waals surface area contributed by atoms with Crippen LogP contribution in [-0.2, 0) is 18.0 Å². The molecule has 2 heterocycles. The second-order valence-corrected chi connectivity index (χ2v) is 4.35. The molecule has 2 aliphatic heterocycles. The molecule has 1 aromatic rings. The molecule has 5 nitrogen and oxygen atoms in total. The summed E-state index contributed by atoms with van der Waals surface area (Å²) in [6.45, 7) is 1.50. The molecule has 0 radical (unpaired) electrons. The third kappa shape index (κ3) is 1.50.